The lowest BCUT2D eigenvalue weighted by Gasteiger charge is -2.06. The largest absolute Gasteiger partial charge is 0.327 e. The maximum absolute atomic E-state index is 11.5. The van der Waals surface area contributed by atoms with E-state index in [-0.39, 0.29) is 16.8 Å². The molecule has 0 spiro atoms. The van der Waals surface area contributed by atoms with Crippen LogP contribution in [0.5, 0.6) is 0 Å². The fraction of sp³-hybridized carbons (Fsp3) is 0.429. The van der Waals surface area contributed by atoms with Crippen LogP contribution in [0.4, 0.5) is 0 Å². The number of nitrogens with two attached hydrogens (primary N) is 1. The molecular weight excluding hydrogens is 244 g/mol. The van der Waals surface area contributed by atoms with Crippen LogP contribution in [-0.2, 0) is 10.0 Å². The minimum Gasteiger partial charge on any atom is -0.327 e. The molecule has 0 aliphatic carbocycles. The van der Waals surface area contributed by atoms with E-state index in [9.17, 15) is 8.42 Å². The molecule has 14 heavy (non-hydrogen) atoms. The molecule has 1 unspecified atom stereocenters. The molecule has 0 radical (unpaired) electrons. The van der Waals surface area contributed by atoms with E-state index in [1.807, 2.05) is 0 Å². The van der Waals surface area contributed by atoms with Gasteiger partial charge in [0, 0.05) is 12.6 Å². The van der Waals surface area contributed by atoms with Crippen molar-refractivity contribution < 1.29 is 8.42 Å². The molecule has 4 nitrogen and oxygen atoms in total. The zero-order valence-electron chi connectivity index (χ0n) is 7.53. The normalized spacial score (nSPS) is 14.2. The molecule has 80 valence electrons. The number of rotatable bonds is 4. The molecule has 7 heteroatoms. The van der Waals surface area contributed by atoms with Crippen LogP contribution in [0.3, 0.4) is 0 Å². The molecule has 0 aromatic carbocycles. The average Bonchev–Trinajstić information content (AvgIpc) is 2.49. The van der Waals surface area contributed by atoms with E-state index in [2.05, 4.69) is 4.72 Å². The summed E-state index contributed by atoms with van der Waals surface area (Å²) in [4.78, 5) is 0. The van der Waals surface area contributed by atoms with Gasteiger partial charge in [-0.25, -0.2) is 13.1 Å². The number of nitrogens with one attached hydrogen (secondary N) is 1. The van der Waals surface area contributed by atoms with Crippen molar-refractivity contribution in [3.8, 4) is 0 Å². The zero-order valence-corrected chi connectivity index (χ0v) is 9.92. The third-order valence-corrected chi connectivity index (χ3v) is 4.56. The molecule has 1 aromatic rings. The number of thiophene rings is 1. The third kappa shape index (κ3) is 3.21. The fourth-order valence-electron chi connectivity index (χ4n) is 0.754. The van der Waals surface area contributed by atoms with Crippen molar-refractivity contribution in [3.63, 3.8) is 0 Å². The molecule has 1 rings (SSSR count). The first-order valence-corrected chi connectivity index (χ1v) is 6.60. The molecule has 1 aromatic heterocycles. The summed E-state index contributed by atoms with van der Waals surface area (Å²) in [6.07, 6.45) is 0. The molecule has 0 aliphatic heterocycles. The maximum Gasteiger partial charge on any atom is 0.250 e. The second-order valence-electron chi connectivity index (χ2n) is 2.89. The molecular formula is C7H11ClN2O2S2. The predicted molar refractivity (Wildman–Crippen MR) is 58.2 cm³/mol. The van der Waals surface area contributed by atoms with Crippen LogP contribution in [0.2, 0.25) is 4.34 Å². The molecule has 0 amide bonds. The highest BCUT2D eigenvalue weighted by Gasteiger charge is 2.16. The van der Waals surface area contributed by atoms with E-state index in [1.54, 1.807) is 13.0 Å². The summed E-state index contributed by atoms with van der Waals surface area (Å²) in [7, 11) is -3.43. The van der Waals surface area contributed by atoms with Crippen molar-refractivity contribution in [1.82, 2.24) is 4.72 Å². The van der Waals surface area contributed by atoms with E-state index in [1.165, 1.54) is 6.07 Å². The average molecular weight is 255 g/mol. The molecule has 1 heterocycles. The predicted octanol–water partition coefficient (Wildman–Crippen LogP) is 1.03. The number of halogens is 1. The van der Waals surface area contributed by atoms with Crippen molar-refractivity contribution >= 4 is 33.0 Å². The van der Waals surface area contributed by atoms with Crippen LogP contribution in [-0.4, -0.2) is 21.0 Å². The first-order chi connectivity index (χ1) is 6.42. The maximum atomic E-state index is 11.5. The van der Waals surface area contributed by atoms with Gasteiger partial charge in [-0.05, 0) is 19.1 Å². The van der Waals surface area contributed by atoms with Crippen LogP contribution in [0.1, 0.15) is 6.92 Å². The molecule has 0 aliphatic rings. The van der Waals surface area contributed by atoms with Gasteiger partial charge >= 0.3 is 0 Å². The highest BCUT2D eigenvalue weighted by atomic mass is 35.5. The lowest BCUT2D eigenvalue weighted by atomic mass is 10.4. The molecule has 0 fully saturated rings. The Balaban J connectivity index is 2.76. The Hall–Kier alpha value is -0.140. The Morgan fingerprint density at radius 2 is 2.29 bits per heavy atom. The van der Waals surface area contributed by atoms with Crippen molar-refractivity contribution in [1.29, 1.82) is 0 Å². The molecule has 0 saturated carbocycles. The topological polar surface area (TPSA) is 72.2 Å². The minimum atomic E-state index is -3.43. The van der Waals surface area contributed by atoms with Crippen molar-refractivity contribution in [2.45, 2.75) is 17.2 Å². The standard InChI is InChI=1S/C7H11ClN2O2S2/c1-5(9)4-10-14(11,12)7-3-2-6(8)13-7/h2-3,5,10H,4,9H2,1H3. The van der Waals surface area contributed by atoms with Gasteiger partial charge in [0.2, 0.25) is 10.0 Å². The van der Waals surface area contributed by atoms with Gasteiger partial charge < -0.3 is 5.73 Å². The van der Waals surface area contributed by atoms with E-state index in [0.29, 0.717) is 4.34 Å². The van der Waals surface area contributed by atoms with E-state index >= 15 is 0 Å². The summed E-state index contributed by atoms with van der Waals surface area (Å²) in [5.41, 5.74) is 5.43. The van der Waals surface area contributed by atoms with Gasteiger partial charge in [-0.2, -0.15) is 0 Å². The SMILES string of the molecule is CC(N)CNS(=O)(=O)c1ccc(Cl)s1. The molecule has 3 N–H and O–H groups in total. The lowest BCUT2D eigenvalue weighted by molar-refractivity contribution is 0.576. The minimum absolute atomic E-state index is 0.208. The Morgan fingerprint density at radius 3 is 2.71 bits per heavy atom. The van der Waals surface area contributed by atoms with Crippen LogP contribution in [0.25, 0.3) is 0 Å². The molecule has 0 saturated heterocycles. The highest BCUT2D eigenvalue weighted by molar-refractivity contribution is 7.91. The molecule has 0 bridgehead atoms. The van der Waals surface area contributed by atoms with Gasteiger partial charge in [-0.3, -0.25) is 0 Å². The van der Waals surface area contributed by atoms with Gasteiger partial charge in [-0.1, -0.05) is 11.6 Å². The Bertz CT molecular complexity index is 400. The number of hydrogen-bond acceptors (Lipinski definition) is 4. The highest BCUT2D eigenvalue weighted by Crippen LogP contribution is 2.25. The quantitative estimate of drug-likeness (QED) is 0.843. The summed E-state index contributed by atoms with van der Waals surface area (Å²) in [5.74, 6) is 0. The van der Waals surface area contributed by atoms with Gasteiger partial charge in [0.25, 0.3) is 0 Å². The van der Waals surface area contributed by atoms with Crippen molar-refractivity contribution in [2.24, 2.45) is 5.73 Å². The number of hydrogen-bond donors (Lipinski definition) is 2. The lowest BCUT2D eigenvalue weighted by Crippen LogP contribution is -2.34. The van der Waals surface area contributed by atoms with Crippen molar-refractivity contribution in [2.75, 3.05) is 6.54 Å². The van der Waals surface area contributed by atoms with Gasteiger partial charge in [0.15, 0.2) is 0 Å². The van der Waals surface area contributed by atoms with Crippen LogP contribution >= 0.6 is 22.9 Å². The summed E-state index contributed by atoms with van der Waals surface area (Å²) in [5, 5.41) is 0. The monoisotopic (exact) mass is 254 g/mol. The van der Waals surface area contributed by atoms with E-state index in [4.69, 9.17) is 17.3 Å². The van der Waals surface area contributed by atoms with Crippen LogP contribution < -0.4 is 10.5 Å². The van der Waals surface area contributed by atoms with E-state index in [0.717, 1.165) is 11.3 Å². The summed E-state index contributed by atoms with van der Waals surface area (Å²) >= 11 is 6.65. The smallest absolute Gasteiger partial charge is 0.250 e. The first kappa shape index (κ1) is 11.9. The van der Waals surface area contributed by atoms with Gasteiger partial charge in [-0.15, -0.1) is 11.3 Å². The zero-order chi connectivity index (χ0) is 10.8. The van der Waals surface area contributed by atoms with Gasteiger partial charge in [0.05, 0.1) is 4.34 Å². The Kier molecular flexibility index (Phi) is 3.91. The summed E-state index contributed by atoms with van der Waals surface area (Å²) < 4.78 is 26.1. The summed E-state index contributed by atoms with van der Waals surface area (Å²) in [6, 6.07) is 2.81. The fourth-order valence-corrected chi connectivity index (χ4v) is 3.43. The van der Waals surface area contributed by atoms with Crippen molar-refractivity contribution in [3.05, 3.63) is 16.5 Å². The Morgan fingerprint density at radius 1 is 1.64 bits per heavy atom. The van der Waals surface area contributed by atoms with Gasteiger partial charge in [0.1, 0.15) is 4.21 Å². The second-order valence-corrected chi connectivity index (χ2v) is 6.60. The number of sulfonamides is 1. The first-order valence-electron chi connectivity index (χ1n) is 3.92. The Labute approximate surface area is 92.1 Å². The van der Waals surface area contributed by atoms with E-state index < -0.39 is 10.0 Å². The van der Waals surface area contributed by atoms with Crippen LogP contribution in [0.15, 0.2) is 16.3 Å². The second kappa shape index (κ2) is 4.59. The third-order valence-electron chi connectivity index (χ3n) is 1.41. The summed E-state index contributed by atoms with van der Waals surface area (Å²) in [6.45, 7) is 1.95. The van der Waals surface area contributed by atoms with Crippen LogP contribution in [0, 0.1) is 0 Å². The molecule has 1 atom stereocenters.